The second-order valence-electron chi connectivity index (χ2n) is 7.61. The molecule has 0 aliphatic heterocycles. The fraction of sp³-hybridized carbons (Fsp3) is 0.364. The Kier molecular flexibility index (Phi) is 7.52. The van der Waals surface area contributed by atoms with Gasteiger partial charge >= 0.3 is 5.97 Å². The number of anilines is 1. The van der Waals surface area contributed by atoms with Crippen LogP contribution in [-0.2, 0) is 11.3 Å². The van der Waals surface area contributed by atoms with Crippen molar-refractivity contribution in [1.82, 2.24) is 5.32 Å². The molecule has 0 spiro atoms. The Morgan fingerprint density at radius 1 is 1.03 bits per heavy atom. The Hall–Kier alpha value is -3.42. The van der Waals surface area contributed by atoms with Gasteiger partial charge in [-0.15, -0.1) is 0 Å². The number of rotatable bonds is 9. The minimum Gasteiger partial charge on any atom is -0.495 e. The van der Waals surface area contributed by atoms with Gasteiger partial charge in [-0.3, -0.25) is 4.79 Å². The molecule has 0 unspecified atom stereocenters. The smallest absolute Gasteiger partial charge is 0.335 e. The Bertz CT molecular complexity index is 905. The minimum atomic E-state index is -1.03. The van der Waals surface area contributed by atoms with Gasteiger partial charge in [-0.2, -0.15) is 0 Å². The van der Waals surface area contributed by atoms with Gasteiger partial charge in [0.15, 0.2) is 18.1 Å². The molecule has 30 heavy (non-hydrogen) atoms. The zero-order valence-electron chi connectivity index (χ0n) is 17.9. The summed E-state index contributed by atoms with van der Waals surface area (Å²) in [6, 6.07) is 9.94. The molecule has 0 aliphatic carbocycles. The average Bonchev–Trinajstić information content (AvgIpc) is 2.69. The fourth-order valence-corrected chi connectivity index (χ4v) is 2.79. The second kappa shape index (κ2) is 9.87. The summed E-state index contributed by atoms with van der Waals surface area (Å²) in [5.74, 6) is 0.156. The number of hydrogen-bond donors (Lipinski definition) is 3. The highest BCUT2D eigenvalue weighted by molar-refractivity contribution is 5.89. The highest BCUT2D eigenvalue weighted by Gasteiger charge is 2.17. The summed E-state index contributed by atoms with van der Waals surface area (Å²) in [5, 5.41) is 15.2. The van der Waals surface area contributed by atoms with Gasteiger partial charge in [0.25, 0.3) is 5.91 Å². The van der Waals surface area contributed by atoms with E-state index in [0.29, 0.717) is 29.5 Å². The highest BCUT2D eigenvalue weighted by atomic mass is 16.5. The van der Waals surface area contributed by atoms with E-state index in [0.717, 1.165) is 5.56 Å². The number of para-hydroxylation sites is 1. The maximum Gasteiger partial charge on any atom is 0.335 e. The summed E-state index contributed by atoms with van der Waals surface area (Å²) in [5.41, 5.74) is 1.04. The summed E-state index contributed by atoms with van der Waals surface area (Å²) in [6.45, 7) is 5.81. The van der Waals surface area contributed by atoms with Gasteiger partial charge in [0.1, 0.15) is 5.75 Å². The lowest BCUT2D eigenvalue weighted by Crippen LogP contribution is -2.43. The van der Waals surface area contributed by atoms with Crippen LogP contribution in [0, 0.1) is 0 Å². The third-order valence-electron chi connectivity index (χ3n) is 4.06. The number of ether oxygens (including phenoxy) is 3. The molecule has 0 aliphatic rings. The predicted octanol–water partition coefficient (Wildman–Crippen LogP) is 3.31. The van der Waals surface area contributed by atoms with E-state index in [9.17, 15) is 14.7 Å². The van der Waals surface area contributed by atoms with Crippen LogP contribution in [0.5, 0.6) is 17.2 Å². The lowest BCUT2D eigenvalue weighted by molar-refractivity contribution is -0.124. The van der Waals surface area contributed by atoms with Crippen LogP contribution >= 0.6 is 0 Å². The number of aromatic carboxylic acids is 1. The second-order valence-corrected chi connectivity index (χ2v) is 7.61. The molecule has 2 rings (SSSR count). The molecule has 0 atom stereocenters. The van der Waals surface area contributed by atoms with E-state index in [1.165, 1.54) is 26.4 Å². The van der Waals surface area contributed by atoms with Crippen LogP contribution in [0.4, 0.5) is 5.69 Å². The number of nitrogens with one attached hydrogen (secondary N) is 2. The van der Waals surface area contributed by atoms with Crippen LogP contribution in [0.15, 0.2) is 36.4 Å². The zero-order chi connectivity index (χ0) is 22.3. The van der Waals surface area contributed by atoms with Crippen molar-refractivity contribution in [1.29, 1.82) is 0 Å². The molecule has 0 saturated carbocycles. The first-order chi connectivity index (χ1) is 14.1. The van der Waals surface area contributed by atoms with Crippen molar-refractivity contribution in [3.63, 3.8) is 0 Å². The largest absolute Gasteiger partial charge is 0.495 e. The molecule has 8 nitrogen and oxygen atoms in total. The summed E-state index contributed by atoms with van der Waals surface area (Å²) < 4.78 is 16.5. The number of hydrogen-bond acceptors (Lipinski definition) is 6. The molecular formula is C22H28N2O6. The van der Waals surface area contributed by atoms with Crippen LogP contribution in [-0.4, -0.2) is 43.3 Å². The molecule has 0 saturated heterocycles. The molecule has 2 aromatic rings. The van der Waals surface area contributed by atoms with Gasteiger partial charge in [-0.05, 0) is 45.0 Å². The number of benzene rings is 2. The monoisotopic (exact) mass is 416 g/mol. The Morgan fingerprint density at radius 3 is 2.33 bits per heavy atom. The van der Waals surface area contributed by atoms with E-state index in [2.05, 4.69) is 10.6 Å². The molecule has 0 aromatic heterocycles. The lowest BCUT2D eigenvalue weighted by atomic mass is 10.1. The van der Waals surface area contributed by atoms with Crippen LogP contribution in [0.3, 0.4) is 0 Å². The highest BCUT2D eigenvalue weighted by Crippen LogP contribution is 2.33. The van der Waals surface area contributed by atoms with Crippen molar-refractivity contribution in [2.75, 3.05) is 26.1 Å². The van der Waals surface area contributed by atoms with Crippen molar-refractivity contribution < 1.29 is 28.9 Å². The summed E-state index contributed by atoms with van der Waals surface area (Å²) in [6.07, 6.45) is 0. The van der Waals surface area contributed by atoms with E-state index in [-0.39, 0.29) is 23.6 Å². The normalized spacial score (nSPS) is 10.8. The van der Waals surface area contributed by atoms with Gasteiger partial charge in [0, 0.05) is 17.6 Å². The molecule has 1 amide bonds. The van der Waals surface area contributed by atoms with E-state index in [1.54, 1.807) is 12.1 Å². The number of carboxylic acid groups (broad SMARTS) is 1. The molecule has 0 fully saturated rings. The maximum absolute atomic E-state index is 12.1. The standard InChI is InChI=1S/C22H28N2O6/c1-22(2,3)24-19(25)13-30-20-15(7-6-8-18(20)29-5)12-23-16-11-14(21(26)27)9-10-17(16)28-4/h6-11,23H,12-13H2,1-5H3,(H,24,25)(H,26,27). The average molecular weight is 416 g/mol. The molecule has 0 radical (unpaired) electrons. The Labute approximate surface area is 176 Å². The quantitative estimate of drug-likeness (QED) is 0.576. The van der Waals surface area contributed by atoms with E-state index >= 15 is 0 Å². The maximum atomic E-state index is 12.1. The van der Waals surface area contributed by atoms with Crippen molar-refractivity contribution in [3.8, 4) is 17.2 Å². The summed E-state index contributed by atoms with van der Waals surface area (Å²) in [7, 11) is 3.03. The fourth-order valence-electron chi connectivity index (χ4n) is 2.79. The first kappa shape index (κ1) is 22.9. The van der Waals surface area contributed by atoms with Crippen molar-refractivity contribution >= 4 is 17.6 Å². The first-order valence-corrected chi connectivity index (χ1v) is 9.39. The minimum absolute atomic E-state index is 0.138. The van der Waals surface area contributed by atoms with Crippen molar-refractivity contribution in [2.45, 2.75) is 32.9 Å². The number of carbonyl (C=O) groups is 2. The van der Waals surface area contributed by atoms with Gasteiger partial charge in [-0.25, -0.2) is 4.79 Å². The summed E-state index contributed by atoms with van der Waals surface area (Å²) in [4.78, 5) is 23.4. The third kappa shape index (κ3) is 6.30. The van der Waals surface area contributed by atoms with Crippen LogP contribution in [0.25, 0.3) is 0 Å². The van der Waals surface area contributed by atoms with E-state index < -0.39 is 5.97 Å². The topological polar surface area (TPSA) is 106 Å². The Morgan fingerprint density at radius 2 is 1.73 bits per heavy atom. The van der Waals surface area contributed by atoms with Crippen LogP contribution in [0.1, 0.15) is 36.7 Å². The SMILES string of the molecule is COc1ccc(C(=O)O)cc1NCc1cccc(OC)c1OCC(=O)NC(C)(C)C. The molecule has 0 bridgehead atoms. The molecular weight excluding hydrogens is 388 g/mol. The lowest BCUT2D eigenvalue weighted by Gasteiger charge is -2.21. The van der Waals surface area contributed by atoms with E-state index in [4.69, 9.17) is 14.2 Å². The van der Waals surface area contributed by atoms with Gasteiger partial charge in [0.2, 0.25) is 0 Å². The third-order valence-corrected chi connectivity index (χ3v) is 4.06. The van der Waals surface area contributed by atoms with Crippen LogP contribution < -0.4 is 24.8 Å². The van der Waals surface area contributed by atoms with Crippen LogP contribution in [0.2, 0.25) is 0 Å². The van der Waals surface area contributed by atoms with E-state index in [1.807, 2.05) is 32.9 Å². The first-order valence-electron chi connectivity index (χ1n) is 9.39. The molecule has 162 valence electrons. The summed E-state index contributed by atoms with van der Waals surface area (Å²) >= 11 is 0. The predicted molar refractivity (Wildman–Crippen MR) is 114 cm³/mol. The number of carbonyl (C=O) groups excluding carboxylic acids is 1. The Balaban J connectivity index is 2.21. The zero-order valence-corrected chi connectivity index (χ0v) is 17.9. The number of carboxylic acids is 1. The van der Waals surface area contributed by atoms with Gasteiger partial charge in [-0.1, -0.05) is 12.1 Å². The van der Waals surface area contributed by atoms with Crippen molar-refractivity contribution in [3.05, 3.63) is 47.5 Å². The van der Waals surface area contributed by atoms with Crippen molar-refractivity contribution in [2.24, 2.45) is 0 Å². The van der Waals surface area contributed by atoms with Gasteiger partial charge in [0.05, 0.1) is 25.5 Å². The number of methoxy groups -OCH3 is 2. The number of amides is 1. The van der Waals surface area contributed by atoms with Gasteiger partial charge < -0.3 is 30.0 Å². The molecule has 0 heterocycles. The molecule has 3 N–H and O–H groups in total. The molecule has 8 heteroatoms. The molecule has 2 aromatic carbocycles.